The maximum atomic E-state index is 10.9. The average molecular weight is 256 g/mol. The molecular formula is C12H16O4S. The molecule has 0 radical (unpaired) electrons. The number of aliphatic carboxylic acids is 1. The van der Waals surface area contributed by atoms with E-state index in [2.05, 4.69) is 0 Å². The third-order valence-corrected chi connectivity index (χ3v) is 3.63. The van der Waals surface area contributed by atoms with Gasteiger partial charge in [0.15, 0.2) is 11.5 Å². The van der Waals surface area contributed by atoms with E-state index in [-0.39, 0.29) is 0 Å². The Morgan fingerprint density at radius 1 is 1.35 bits per heavy atom. The molecule has 17 heavy (non-hydrogen) atoms. The summed E-state index contributed by atoms with van der Waals surface area (Å²) in [7, 11) is 3.12. The minimum atomic E-state index is -0.799. The van der Waals surface area contributed by atoms with Crippen molar-refractivity contribution in [2.75, 3.05) is 14.2 Å². The second-order valence-electron chi connectivity index (χ2n) is 3.37. The fourth-order valence-corrected chi connectivity index (χ4v) is 2.28. The molecule has 1 unspecified atom stereocenters. The van der Waals surface area contributed by atoms with E-state index in [9.17, 15) is 4.79 Å². The SMILES string of the molecule is CCC(Sc1ccc(OC)c(OC)c1)C(=O)O. The number of hydrogen-bond acceptors (Lipinski definition) is 4. The van der Waals surface area contributed by atoms with Crippen LogP contribution in [0.25, 0.3) is 0 Å². The van der Waals surface area contributed by atoms with Crippen molar-refractivity contribution in [3.05, 3.63) is 18.2 Å². The van der Waals surface area contributed by atoms with Crippen LogP contribution in [0.5, 0.6) is 11.5 Å². The number of rotatable bonds is 6. The summed E-state index contributed by atoms with van der Waals surface area (Å²) >= 11 is 1.31. The second-order valence-corrected chi connectivity index (χ2v) is 4.65. The highest BCUT2D eigenvalue weighted by molar-refractivity contribution is 8.00. The van der Waals surface area contributed by atoms with E-state index in [1.54, 1.807) is 26.4 Å². The van der Waals surface area contributed by atoms with Crippen LogP contribution in [0.2, 0.25) is 0 Å². The molecular weight excluding hydrogens is 240 g/mol. The van der Waals surface area contributed by atoms with Crippen LogP contribution in [0.4, 0.5) is 0 Å². The Hall–Kier alpha value is -1.36. The number of thioether (sulfide) groups is 1. The Morgan fingerprint density at radius 2 is 2.00 bits per heavy atom. The van der Waals surface area contributed by atoms with Crippen molar-refractivity contribution in [1.82, 2.24) is 0 Å². The molecule has 1 atom stereocenters. The van der Waals surface area contributed by atoms with E-state index in [1.807, 2.05) is 13.0 Å². The van der Waals surface area contributed by atoms with Crippen LogP contribution in [-0.2, 0) is 4.79 Å². The standard InChI is InChI=1S/C12H16O4S/c1-4-11(12(13)14)17-8-5-6-9(15-2)10(7-8)16-3/h5-7,11H,4H2,1-3H3,(H,13,14). The lowest BCUT2D eigenvalue weighted by Crippen LogP contribution is -2.14. The molecule has 1 N–H and O–H groups in total. The smallest absolute Gasteiger partial charge is 0.316 e. The van der Waals surface area contributed by atoms with Crippen molar-refractivity contribution >= 4 is 17.7 Å². The summed E-state index contributed by atoms with van der Waals surface area (Å²) in [4.78, 5) is 11.8. The highest BCUT2D eigenvalue weighted by atomic mass is 32.2. The summed E-state index contributed by atoms with van der Waals surface area (Å²) in [6, 6.07) is 5.39. The quantitative estimate of drug-likeness (QED) is 0.793. The van der Waals surface area contributed by atoms with Crippen LogP contribution in [-0.4, -0.2) is 30.5 Å². The molecule has 0 spiro atoms. The number of carboxylic acid groups (broad SMARTS) is 1. The average Bonchev–Trinajstić information content (AvgIpc) is 2.35. The van der Waals surface area contributed by atoms with Crippen molar-refractivity contribution in [2.24, 2.45) is 0 Å². The van der Waals surface area contributed by atoms with Crippen LogP contribution in [0.1, 0.15) is 13.3 Å². The lowest BCUT2D eigenvalue weighted by Gasteiger charge is -2.12. The van der Waals surface area contributed by atoms with Gasteiger partial charge in [-0.05, 0) is 24.6 Å². The normalized spacial score (nSPS) is 11.9. The summed E-state index contributed by atoms with van der Waals surface area (Å²) in [5.74, 6) is 0.449. The van der Waals surface area contributed by atoms with Gasteiger partial charge in [-0.3, -0.25) is 4.79 Å². The zero-order valence-electron chi connectivity index (χ0n) is 10.1. The van der Waals surface area contributed by atoms with Crippen LogP contribution in [0.15, 0.2) is 23.1 Å². The van der Waals surface area contributed by atoms with Gasteiger partial charge in [-0.2, -0.15) is 0 Å². The molecule has 5 heteroatoms. The van der Waals surface area contributed by atoms with Crippen molar-refractivity contribution in [3.63, 3.8) is 0 Å². The maximum Gasteiger partial charge on any atom is 0.316 e. The first kappa shape index (κ1) is 13.7. The number of ether oxygens (including phenoxy) is 2. The van der Waals surface area contributed by atoms with Gasteiger partial charge in [-0.1, -0.05) is 6.92 Å². The summed E-state index contributed by atoms with van der Waals surface area (Å²) in [5.41, 5.74) is 0. The molecule has 0 aliphatic carbocycles. The molecule has 0 aliphatic heterocycles. The molecule has 94 valence electrons. The summed E-state index contributed by atoms with van der Waals surface area (Å²) < 4.78 is 10.3. The van der Waals surface area contributed by atoms with Gasteiger partial charge < -0.3 is 14.6 Å². The first-order valence-electron chi connectivity index (χ1n) is 5.23. The van der Waals surface area contributed by atoms with Gasteiger partial charge >= 0.3 is 5.97 Å². The maximum absolute atomic E-state index is 10.9. The van der Waals surface area contributed by atoms with Gasteiger partial charge in [0.1, 0.15) is 5.25 Å². The van der Waals surface area contributed by atoms with Gasteiger partial charge in [0.05, 0.1) is 14.2 Å². The summed E-state index contributed by atoms with van der Waals surface area (Å²) in [6.07, 6.45) is 0.578. The van der Waals surface area contributed by atoms with E-state index in [0.717, 1.165) is 4.90 Å². The minimum absolute atomic E-state index is 0.437. The molecule has 0 saturated heterocycles. The largest absolute Gasteiger partial charge is 0.493 e. The van der Waals surface area contributed by atoms with Gasteiger partial charge in [0.2, 0.25) is 0 Å². The van der Waals surface area contributed by atoms with Gasteiger partial charge in [0, 0.05) is 4.90 Å². The van der Waals surface area contributed by atoms with Crippen molar-refractivity contribution in [3.8, 4) is 11.5 Å². The van der Waals surface area contributed by atoms with E-state index in [0.29, 0.717) is 17.9 Å². The van der Waals surface area contributed by atoms with Crippen molar-refractivity contribution < 1.29 is 19.4 Å². The van der Waals surface area contributed by atoms with Crippen LogP contribution in [0, 0.1) is 0 Å². The molecule has 0 aromatic heterocycles. The molecule has 0 heterocycles. The number of carboxylic acids is 1. The number of methoxy groups -OCH3 is 2. The molecule has 1 aromatic carbocycles. The lowest BCUT2D eigenvalue weighted by atomic mass is 10.3. The Morgan fingerprint density at radius 3 is 2.47 bits per heavy atom. The van der Waals surface area contributed by atoms with E-state index < -0.39 is 11.2 Å². The van der Waals surface area contributed by atoms with Crippen LogP contribution >= 0.6 is 11.8 Å². The number of carbonyl (C=O) groups is 1. The van der Waals surface area contributed by atoms with Gasteiger partial charge in [-0.25, -0.2) is 0 Å². The first-order chi connectivity index (χ1) is 8.12. The molecule has 0 fully saturated rings. The fourth-order valence-electron chi connectivity index (χ4n) is 1.36. The van der Waals surface area contributed by atoms with E-state index in [4.69, 9.17) is 14.6 Å². The zero-order chi connectivity index (χ0) is 12.8. The third kappa shape index (κ3) is 3.56. The van der Waals surface area contributed by atoms with E-state index in [1.165, 1.54) is 11.8 Å². The summed E-state index contributed by atoms with van der Waals surface area (Å²) in [6.45, 7) is 1.85. The predicted octanol–water partition coefficient (Wildman–Crippen LogP) is 2.66. The Bertz CT molecular complexity index is 392. The molecule has 0 amide bonds. The molecule has 0 bridgehead atoms. The van der Waals surface area contributed by atoms with Crippen LogP contribution < -0.4 is 9.47 Å². The zero-order valence-corrected chi connectivity index (χ0v) is 10.9. The van der Waals surface area contributed by atoms with Crippen molar-refractivity contribution in [1.29, 1.82) is 0 Å². The highest BCUT2D eigenvalue weighted by Crippen LogP contribution is 2.34. The highest BCUT2D eigenvalue weighted by Gasteiger charge is 2.17. The number of hydrogen-bond donors (Lipinski definition) is 1. The predicted molar refractivity (Wildman–Crippen MR) is 67.1 cm³/mol. The molecule has 0 aliphatic rings. The van der Waals surface area contributed by atoms with E-state index >= 15 is 0 Å². The topological polar surface area (TPSA) is 55.8 Å². The monoisotopic (exact) mass is 256 g/mol. The molecule has 1 rings (SSSR count). The molecule has 0 saturated carbocycles. The Kier molecular flexibility index (Phi) is 5.15. The van der Waals surface area contributed by atoms with Gasteiger partial charge in [0.25, 0.3) is 0 Å². The molecule has 4 nitrogen and oxygen atoms in total. The van der Waals surface area contributed by atoms with Gasteiger partial charge in [-0.15, -0.1) is 11.8 Å². The Balaban J connectivity index is 2.88. The van der Waals surface area contributed by atoms with Crippen LogP contribution in [0.3, 0.4) is 0 Å². The Labute approximate surface area is 105 Å². The summed E-state index contributed by atoms with van der Waals surface area (Å²) in [5, 5.41) is 8.55. The fraction of sp³-hybridized carbons (Fsp3) is 0.417. The third-order valence-electron chi connectivity index (χ3n) is 2.28. The first-order valence-corrected chi connectivity index (χ1v) is 6.11. The lowest BCUT2D eigenvalue weighted by molar-refractivity contribution is -0.136. The van der Waals surface area contributed by atoms with Crippen molar-refractivity contribution in [2.45, 2.75) is 23.5 Å². The molecule has 1 aromatic rings. The number of benzene rings is 1. The minimum Gasteiger partial charge on any atom is -0.493 e. The second kappa shape index (κ2) is 6.39.